The molecule has 1 aromatic carbocycles. The van der Waals surface area contributed by atoms with Crippen LogP contribution in [0.4, 0.5) is 10.8 Å². The van der Waals surface area contributed by atoms with Gasteiger partial charge in [0.1, 0.15) is 10.8 Å². The van der Waals surface area contributed by atoms with Crippen LogP contribution in [0.3, 0.4) is 0 Å². The van der Waals surface area contributed by atoms with Crippen LogP contribution in [0.15, 0.2) is 24.3 Å². The van der Waals surface area contributed by atoms with Crippen molar-refractivity contribution in [1.29, 1.82) is 0 Å². The normalized spacial score (nSPS) is 17.0. The van der Waals surface area contributed by atoms with Gasteiger partial charge in [0.05, 0.1) is 13.0 Å². The van der Waals surface area contributed by atoms with Crippen LogP contribution < -0.4 is 15.0 Å². The van der Waals surface area contributed by atoms with Gasteiger partial charge in [-0.05, 0) is 30.2 Å². The lowest BCUT2D eigenvalue weighted by molar-refractivity contribution is -0.122. The summed E-state index contributed by atoms with van der Waals surface area (Å²) < 4.78 is 5.13. The highest BCUT2D eigenvalue weighted by molar-refractivity contribution is 7.15. The first-order chi connectivity index (χ1) is 12.5. The smallest absolute Gasteiger partial charge is 0.231 e. The number of amides is 2. The molecule has 0 aliphatic carbocycles. The minimum absolute atomic E-state index is 0.0620. The predicted octanol–water partition coefficient (Wildman–Crippen LogP) is 2.74. The first kappa shape index (κ1) is 18.3. The highest BCUT2D eigenvalue weighted by Gasteiger charge is 2.35. The highest BCUT2D eigenvalue weighted by Crippen LogP contribution is 2.28. The lowest BCUT2D eigenvalue weighted by atomic mass is 10.1. The molecule has 2 amide bonds. The largest absolute Gasteiger partial charge is 0.497 e. The zero-order valence-electron chi connectivity index (χ0n) is 15.1. The van der Waals surface area contributed by atoms with Crippen molar-refractivity contribution >= 4 is 34.0 Å². The van der Waals surface area contributed by atoms with Gasteiger partial charge >= 0.3 is 0 Å². The van der Waals surface area contributed by atoms with E-state index in [1.165, 1.54) is 11.3 Å². The van der Waals surface area contributed by atoms with Crippen LogP contribution in [-0.2, 0) is 16.0 Å². The van der Waals surface area contributed by atoms with E-state index in [0.29, 0.717) is 17.6 Å². The molecule has 2 aromatic rings. The van der Waals surface area contributed by atoms with Crippen LogP contribution in [-0.4, -0.2) is 35.7 Å². The number of nitrogens with zero attached hydrogens (tertiary/aromatic N) is 3. The minimum Gasteiger partial charge on any atom is -0.497 e. The monoisotopic (exact) mass is 374 g/mol. The molecule has 1 saturated heterocycles. The van der Waals surface area contributed by atoms with E-state index in [9.17, 15) is 9.59 Å². The molecule has 0 spiro atoms. The zero-order valence-corrected chi connectivity index (χ0v) is 15.9. The Kier molecular flexibility index (Phi) is 5.51. The molecule has 1 N–H and O–H groups in total. The van der Waals surface area contributed by atoms with Crippen LogP contribution in [0.2, 0.25) is 0 Å². The number of methoxy groups -OCH3 is 1. The lowest BCUT2D eigenvalue weighted by Gasteiger charge is -2.16. The number of hydrogen-bond donors (Lipinski definition) is 1. The van der Waals surface area contributed by atoms with Crippen molar-refractivity contribution in [2.24, 2.45) is 11.8 Å². The van der Waals surface area contributed by atoms with Gasteiger partial charge in [-0.3, -0.25) is 9.59 Å². The van der Waals surface area contributed by atoms with E-state index in [1.807, 2.05) is 12.1 Å². The molecule has 0 radical (unpaired) electrons. The summed E-state index contributed by atoms with van der Waals surface area (Å²) in [5.41, 5.74) is 0.765. The van der Waals surface area contributed by atoms with Crippen LogP contribution in [0.1, 0.15) is 25.3 Å². The number of anilines is 2. The number of hydrogen-bond acceptors (Lipinski definition) is 6. The number of rotatable bonds is 6. The third kappa shape index (κ3) is 4.19. The number of carbonyl (C=O) groups is 2. The first-order valence-corrected chi connectivity index (χ1v) is 9.35. The zero-order chi connectivity index (χ0) is 18.7. The lowest BCUT2D eigenvalue weighted by Crippen LogP contribution is -2.28. The molecule has 1 unspecified atom stereocenters. The fourth-order valence-corrected chi connectivity index (χ4v) is 3.79. The molecule has 0 saturated carbocycles. The molecule has 2 heterocycles. The standard InChI is InChI=1S/C18H22N4O3S/c1-11(2)8-15-20-21-18(26-15)19-17(24)12-9-16(23)22(10-12)13-4-6-14(25-3)7-5-13/h4-7,11-12H,8-10H2,1-3H3,(H,19,21,24). The molecule has 26 heavy (non-hydrogen) atoms. The van der Waals surface area contributed by atoms with Crippen molar-refractivity contribution in [2.45, 2.75) is 26.7 Å². The fourth-order valence-electron chi connectivity index (χ4n) is 2.84. The Morgan fingerprint density at radius 2 is 2.08 bits per heavy atom. The Bertz CT molecular complexity index is 788. The molecule has 1 aliphatic rings. The number of nitrogens with one attached hydrogen (secondary N) is 1. The summed E-state index contributed by atoms with van der Waals surface area (Å²) in [4.78, 5) is 26.4. The van der Waals surface area contributed by atoms with Gasteiger partial charge in [-0.1, -0.05) is 25.2 Å². The molecule has 3 rings (SSSR count). The molecular formula is C18H22N4O3S. The van der Waals surface area contributed by atoms with Crippen molar-refractivity contribution in [1.82, 2.24) is 10.2 Å². The van der Waals surface area contributed by atoms with Crippen LogP contribution in [0.5, 0.6) is 5.75 Å². The quantitative estimate of drug-likeness (QED) is 0.840. The predicted molar refractivity (Wildman–Crippen MR) is 101 cm³/mol. The van der Waals surface area contributed by atoms with Gasteiger partial charge in [-0.2, -0.15) is 0 Å². The first-order valence-electron chi connectivity index (χ1n) is 8.54. The van der Waals surface area contributed by atoms with Crippen molar-refractivity contribution in [3.63, 3.8) is 0 Å². The molecular weight excluding hydrogens is 352 g/mol. The Balaban J connectivity index is 1.62. The van der Waals surface area contributed by atoms with Crippen molar-refractivity contribution in [2.75, 3.05) is 23.9 Å². The molecule has 7 nitrogen and oxygen atoms in total. The van der Waals surface area contributed by atoms with Crippen LogP contribution >= 0.6 is 11.3 Å². The molecule has 0 bridgehead atoms. The summed E-state index contributed by atoms with van der Waals surface area (Å²) in [6.45, 7) is 4.57. The second-order valence-electron chi connectivity index (χ2n) is 6.69. The Labute approximate surface area is 156 Å². The summed E-state index contributed by atoms with van der Waals surface area (Å²) in [6, 6.07) is 7.24. The van der Waals surface area contributed by atoms with Crippen molar-refractivity contribution in [3.8, 4) is 5.75 Å². The highest BCUT2D eigenvalue weighted by atomic mass is 32.1. The van der Waals surface area contributed by atoms with Gasteiger partial charge in [0.2, 0.25) is 16.9 Å². The van der Waals surface area contributed by atoms with Crippen LogP contribution in [0.25, 0.3) is 0 Å². The van der Waals surface area contributed by atoms with Gasteiger partial charge in [0.15, 0.2) is 0 Å². The summed E-state index contributed by atoms with van der Waals surface area (Å²) >= 11 is 1.38. The summed E-state index contributed by atoms with van der Waals surface area (Å²) in [7, 11) is 1.59. The van der Waals surface area contributed by atoms with Gasteiger partial charge in [0, 0.05) is 25.1 Å². The average Bonchev–Trinajstić information content (AvgIpc) is 3.21. The maximum atomic E-state index is 12.5. The molecule has 1 fully saturated rings. The summed E-state index contributed by atoms with van der Waals surface area (Å²) in [5.74, 6) is 0.553. The van der Waals surface area contributed by atoms with Gasteiger partial charge < -0.3 is 15.0 Å². The Morgan fingerprint density at radius 3 is 2.73 bits per heavy atom. The SMILES string of the molecule is COc1ccc(N2CC(C(=O)Nc3nnc(CC(C)C)s3)CC2=O)cc1. The molecule has 1 atom stereocenters. The average molecular weight is 374 g/mol. The topological polar surface area (TPSA) is 84.4 Å². The van der Waals surface area contributed by atoms with E-state index in [0.717, 1.165) is 22.9 Å². The second kappa shape index (κ2) is 7.82. The summed E-state index contributed by atoms with van der Waals surface area (Å²) in [5, 5.41) is 12.3. The Hall–Kier alpha value is -2.48. The van der Waals surface area contributed by atoms with Crippen molar-refractivity contribution < 1.29 is 14.3 Å². The molecule has 8 heteroatoms. The third-order valence-corrected chi connectivity index (χ3v) is 5.02. The maximum absolute atomic E-state index is 12.5. The molecule has 138 valence electrons. The number of ether oxygens (including phenoxy) is 1. The summed E-state index contributed by atoms with van der Waals surface area (Å²) in [6.07, 6.45) is 1.02. The van der Waals surface area contributed by atoms with Gasteiger partial charge in [-0.25, -0.2) is 0 Å². The third-order valence-electron chi connectivity index (χ3n) is 4.16. The van der Waals surface area contributed by atoms with Crippen molar-refractivity contribution in [3.05, 3.63) is 29.3 Å². The van der Waals surface area contributed by atoms with E-state index in [-0.39, 0.29) is 18.2 Å². The van der Waals surface area contributed by atoms with E-state index >= 15 is 0 Å². The van der Waals surface area contributed by atoms with Gasteiger partial charge in [0.25, 0.3) is 0 Å². The molecule has 1 aromatic heterocycles. The maximum Gasteiger partial charge on any atom is 0.231 e. The minimum atomic E-state index is -0.401. The van der Waals surface area contributed by atoms with E-state index in [2.05, 4.69) is 29.4 Å². The second-order valence-corrected chi connectivity index (χ2v) is 7.75. The molecule has 1 aliphatic heterocycles. The number of carbonyl (C=O) groups excluding carboxylic acids is 2. The number of aromatic nitrogens is 2. The fraction of sp³-hybridized carbons (Fsp3) is 0.444. The Morgan fingerprint density at radius 1 is 1.35 bits per heavy atom. The number of benzene rings is 1. The van der Waals surface area contributed by atoms with E-state index in [1.54, 1.807) is 24.1 Å². The van der Waals surface area contributed by atoms with E-state index < -0.39 is 5.92 Å². The van der Waals surface area contributed by atoms with E-state index in [4.69, 9.17) is 4.74 Å². The van der Waals surface area contributed by atoms with Gasteiger partial charge in [-0.15, -0.1) is 10.2 Å². The van der Waals surface area contributed by atoms with Crippen LogP contribution in [0, 0.1) is 11.8 Å².